The average Bonchev–Trinajstić information content (AvgIpc) is 2.44. The van der Waals surface area contributed by atoms with Gasteiger partial charge in [0.15, 0.2) is 0 Å². The molecule has 0 amide bonds. The number of anilines is 1. The van der Waals surface area contributed by atoms with Gasteiger partial charge in [-0.15, -0.1) is 0 Å². The van der Waals surface area contributed by atoms with Gasteiger partial charge in [0, 0.05) is 20.2 Å². The lowest BCUT2D eigenvalue weighted by Crippen LogP contribution is -2.41. The third-order valence-electron chi connectivity index (χ3n) is 2.78. The Kier molecular flexibility index (Phi) is 5.15. The highest BCUT2D eigenvalue weighted by Crippen LogP contribution is 2.16. The summed E-state index contributed by atoms with van der Waals surface area (Å²) in [6.45, 7) is 3.59. The first-order valence-electron chi connectivity index (χ1n) is 6.06. The third-order valence-corrected chi connectivity index (χ3v) is 3.15. The van der Waals surface area contributed by atoms with E-state index in [1.807, 2.05) is 5.01 Å². The molecule has 1 saturated heterocycles. The van der Waals surface area contributed by atoms with Crippen molar-refractivity contribution < 1.29 is 9.47 Å². The van der Waals surface area contributed by atoms with Crippen molar-refractivity contribution in [2.45, 2.75) is 6.54 Å². The zero-order chi connectivity index (χ0) is 13.7. The first-order valence-corrected chi connectivity index (χ1v) is 6.44. The molecule has 1 aliphatic rings. The number of ether oxygens (including phenoxy) is 2. The average molecular weight is 289 g/mol. The van der Waals surface area contributed by atoms with Crippen LogP contribution in [0.5, 0.6) is 0 Å². The summed E-state index contributed by atoms with van der Waals surface area (Å²) in [6, 6.07) is 0. The topological polar surface area (TPSA) is 68.6 Å². The standard InChI is InChI=1S/C11H17ClN4O3/c1-18-5-4-16-11(17)10(12)9(8-13-16)14-15-2-6-19-7-3-15/h8,14H,2-7H2,1H3. The summed E-state index contributed by atoms with van der Waals surface area (Å²) >= 11 is 6.06. The van der Waals surface area contributed by atoms with Crippen LogP contribution in [-0.2, 0) is 16.0 Å². The number of hydrazine groups is 1. The lowest BCUT2D eigenvalue weighted by molar-refractivity contribution is 0.0496. The van der Waals surface area contributed by atoms with E-state index >= 15 is 0 Å². The van der Waals surface area contributed by atoms with Crippen LogP contribution in [0.25, 0.3) is 0 Å². The number of aromatic nitrogens is 2. The zero-order valence-electron chi connectivity index (χ0n) is 10.8. The zero-order valence-corrected chi connectivity index (χ0v) is 11.5. The highest BCUT2D eigenvalue weighted by Gasteiger charge is 2.14. The fourth-order valence-electron chi connectivity index (χ4n) is 1.73. The van der Waals surface area contributed by atoms with Crippen molar-refractivity contribution in [1.29, 1.82) is 0 Å². The van der Waals surface area contributed by atoms with Gasteiger partial charge >= 0.3 is 0 Å². The number of morpholine rings is 1. The lowest BCUT2D eigenvalue weighted by Gasteiger charge is -2.28. The van der Waals surface area contributed by atoms with E-state index in [4.69, 9.17) is 21.1 Å². The predicted octanol–water partition coefficient (Wildman–Crippen LogP) is 0.202. The third kappa shape index (κ3) is 3.66. The summed E-state index contributed by atoms with van der Waals surface area (Å²) in [7, 11) is 1.57. The molecule has 2 rings (SSSR count). The molecule has 0 aromatic carbocycles. The van der Waals surface area contributed by atoms with E-state index in [-0.39, 0.29) is 10.6 Å². The minimum absolute atomic E-state index is 0.137. The van der Waals surface area contributed by atoms with Crippen LogP contribution in [0, 0.1) is 0 Å². The van der Waals surface area contributed by atoms with Gasteiger partial charge in [-0.25, -0.2) is 9.69 Å². The number of nitrogens with zero attached hydrogens (tertiary/aromatic N) is 3. The van der Waals surface area contributed by atoms with Gasteiger partial charge < -0.3 is 14.9 Å². The van der Waals surface area contributed by atoms with Crippen molar-refractivity contribution in [1.82, 2.24) is 14.8 Å². The van der Waals surface area contributed by atoms with Gasteiger partial charge in [-0.1, -0.05) is 11.6 Å². The molecule has 7 nitrogen and oxygen atoms in total. The SMILES string of the molecule is COCCn1ncc(NN2CCOCC2)c(Cl)c1=O. The van der Waals surface area contributed by atoms with Crippen molar-refractivity contribution in [3.05, 3.63) is 21.6 Å². The highest BCUT2D eigenvalue weighted by atomic mass is 35.5. The molecule has 1 N–H and O–H groups in total. The Bertz CT molecular complexity index is 473. The molecular formula is C11H17ClN4O3. The summed E-state index contributed by atoms with van der Waals surface area (Å²) in [5.41, 5.74) is 3.28. The number of nitrogens with one attached hydrogen (secondary N) is 1. The van der Waals surface area contributed by atoms with Crippen LogP contribution in [0.2, 0.25) is 5.02 Å². The van der Waals surface area contributed by atoms with Gasteiger partial charge in [0.1, 0.15) is 5.02 Å². The molecule has 1 aliphatic heterocycles. The maximum absolute atomic E-state index is 12.0. The summed E-state index contributed by atoms with van der Waals surface area (Å²) in [5.74, 6) is 0. The molecule has 1 aromatic rings. The van der Waals surface area contributed by atoms with Crippen molar-refractivity contribution in [3.63, 3.8) is 0 Å². The summed E-state index contributed by atoms with van der Waals surface area (Å²) in [6.07, 6.45) is 1.55. The Morgan fingerprint density at radius 1 is 1.53 bits per heavy atom. The van der Waals surface area contributed by atoms with Crippen LogP contribution in [0.15, 0.2) is 11.0 Å². The smallest absolute Gasteiger partial charge is 0.287 e. The van der Waals surface area contributed by atoms with Crippen molar-refractivity contribution >= 4 is 17.3 Å². The lowest BCUT2D eigenvalue weighted by atomic mass is 10.4. The quantitative estimate of drug-likeness (QED) is 0.835. The van der Waals surface area contributed by atoms with E-state index in [2.05, 4.69) is 10.5 Å². The minimum atomic E-state index is -0.322. The molecule has 0 bridgehead atoms. The summed E-state index contributed by atoms with van der Waals surface area (Å²) < 4.78 is 11.4. The Balaban J connectivity index is 2.09. The number of hydrogen-bond donors (Lipinski definition) is 1. The number of hydrogen-bond acceptors (Lipinski definition) is 6. The second-order valence-electron chi connectivity index (χ2n) is 4.10. The maximum atomic E-state index is 12.0. The molecular weight excluding hydrogens is 272 g/mol. The van der Waals surface area contributed by atoms with Crippen molar-refractivity contribution in [3.8, 4) is 0 Å². The van der Waals surface area contributed by atoms with Crippen LogP contribution < -0.4 is 11.0 Å². The Hall–Kier alpha value is -1.15. The Morgan fingerprint density at radius 2 is 2.26 bits per heavy atom. The second kappa shape index (κ2) is 6.85. The molecule has 2 heterocycles. The number of halogens is 1. The molecule has 0 radical (unpaired) electrons. The van der Waals surface area contributed by atoms with E-state index in [0.29, 0.717) is 32.1 Å². The Labute approximate surface area is 116 Å². The van der Waals surface area contributed by atoms with E-state index in [1.165, 1.54) is 4.68 Å². The van der Waals surface area contributed by atoms with E-state index < -0.39 is 0 Å². The van der Waals surface area contributed by atoms with Crippen molar-refractivity contribution in [2.24, 2.45) is 0 Å². The van der Waals surface area contributed by atoms with Crippen LogP contribution in [0.3, 0.4) is 0 Å². The van der Waals surface area contributed by atoms with Crippen LogP contribution in [-0.4, -0.2) is 54.8 Å². The van der Waals surface area contributed by atoms with E-state index in [9.17, 15) is 4.79 Å². The number of rotatable bonds is 5. The van der Waals surface area contributed by atoms with Gasteiger partial charge in [0.2, 0.25) is 0 Å². The summed E-state index contributed by atoms with van der Waals surface area (Å²) in [5, 5.41) is 6.15. The van der Waals surface area contributed by atoms with E-state index in [1.54, 1.807) is 13.3 Å². The normalized spacial score (nSPS) is 16.5. The molecule has 0 aliphatic carbocycles. The molecule has 0 atom stereocenters. The highest BCUT2D eigenvalue weighted by molar-refractivity contribution is 6.32. The largest absolute Gasteiger partial charge is 0.383 e. The monoisotopic (exact) mass is 288 g/mol. The molecule has 1 fully saturated rings. The molecule has 0 spiro atoms. The van der Waals surface area contributed by atoms with Crippen LogP contribution >= 0.6 is 11.6 Å². The fraction of sp³-hybridized carbons (Fsp3) is 0.636. The predicted molar refractivity (Wildman–Crippen MR) is 71.4 cm³/mol. The molecule has 106 valence electrons. The molecule has 19 heavy (non-hydrogen) atoms. The van der Waals surface area contributed by atoms with Gasteiger partial charge in [-0.2, -0.15) is 5.10 Å². The van der Waals surface area contributed by atoms with Gasteiger partial charge in [0.05, 0.1) is 38.2 Å². The molecule has 1 aromatic heterocycles. The maximum Gasteiger partial charge on any atom is 0.287 e. The molecule has 0 saturated carbocycles. The summed E-state index contributed by atoms with van der Waals surface area (Å²) in [4.78, 5) is 12.0. The van der Waals surface area contributed by atoms with E-state index in [0.717, 1.165) is 13.1 Å². The molecule has 0 unspecified atom stereocenters. The van der Waals surface area contributed by atoms with Crippen LogP contribution in [0.4, 0.5) is 5.69 Å². The van der Waals surface area contributed by atoms with Gasteiger partial charge in [-0.05, 0) is 0 Å². The number of methoxy groups -OCH3 is 1. The minimum Gasteiger partial charge on any atom is -0.383 e. The first-order chi connectivity index (χ1) is 9.22. The molecule has 8 heteroatoms. The van der Waals surface area contributed by atoms with Gasteiger partial charge in [-0.3, -0.25) is 4.79 Å². The fourth-order valence-corrected chi connectivity index (χ4v) is 1.91. The van der Waals surface area contributed by atoms with Crippen molar-refractivity contribution in [2.75, 3.05) is 45.4 Å². The van der Waals surface area contributed by atoms with Crippen LogP contribution in [0.1, 0.15) is 0 Å². The van der Waals surface area contributed by atoms with Gasteiger partial charge in [0.25, 0.3) is 5.56 Å². The second-order valence-corrected chi connectivity index (χ2v) is 4.48. The first kappa shape index (κ1) is 14.3. The Morgan fingerprint density at radius 3 is 2.95 bits per heavy atom.